The Balaban J connectivity index is 3.45. The standard InChI is InChI=1S/C9H10F2N2O2/c1-4-2-5(8(10)11)6(3-12)7(13-4)9(14)15/h2,8H,3,12H2,1H3,(H,14,15). The molecule has 0 spiro atoms. The van der Waals surface area contributed by atoms with Crippen LogP contribution in [0, 0.1) is 6.92 Å². The van der Waals surface area contributed by atoms with Gasteiger partial charge in [0.15, 0.2) is 5.69 Å². The van der Waals surface area contributed by atoms with Crippen LogP contribution in [0.4, 0.5) is 8.78 Å². The highest BCUT2D eigenvalue weighted by atomic mass is 19.3. The third-order valence-electron chi connectivity index (χ3n) is 1.93. The molecule has 1 aromatic heterocycles. The Kier molecular flexibility index (Phi) is 3.31. The second kappa shape index (κ2) is 4.31. The van der Waals surface area contributed by atoms with Crippen LogP contribution >= 0.6 is 0 Å². The van der Waals surface area contributed by atoms with Gasteiger partial charge in [0.05, 0.1) is 0 Å². The number of halogens is 2. The first-order chi connectivity index (χ1) is 6.97. The summed E-state index contributed by atoms with van der Waals surface area (Å²) in [5.74, 6) is -1.35. The van der Waals surface area contributed by atoms with Gasteiger partial charge in [0.1, 0.15) is 0 Å². The van der Waals surface area contributed by atoms with E-state index in [9.17, 15) is 13.6 Å². The molecule has 0 fully saturated rings. The molecule has 0 aromatic carbocycles. The second-order valence-electron chi connectivity index (χ2n) is 2.99. The highest BCUT2D eigenvalue weighted by molar-refractivity contribution is 5.87. The van der Waals surface area contributed by atoms with Crippen molar-refractivity contribution in [3.63, 3.8) is 0 Å². The molecule has 15 heavy (non-hydrogen) atoms. The lowest BCUT2D eigenvalue weighted by atomic mass is 10.1. The summed E-state index contributed by atoms with van der Waals surface area (Å²) >= 11 is 0. The molecule has 0 atom stereocenters. The number of aromatic carboxylic acids is 1. The van der Waals surface area contributed by atoms with E-state index >= 15 is 0 Å². The summed E-state index contributed by atoms with van der Waals surface area (Å²) < 4.78 is 25.1. The summed E-state index contributed by atoms with van der Waals surface area (Å²) in [4.78, 5) is 14.4. The van der Waals surface area contributed by atoms with Gasteiger partial charge in [-0.1, -0.05) is 0 Å². The van der Waals surface area contributed by atoms with Crippen LogP contribution in [-0.4, -0.2) is 16.1 Å². The number of carbonyl (C=O) groups is 1. The number of carboxylic acids is 1. The van der Waals surface area contributed by atoms with Crippen LogP contribution in [0.3, 0.4) is 0 Å². The molecular formula is C9H10F2N2O2. The van der Waals surface area contributed by atoms with Crippen LogP contribution < -0.4 is 5.73 Å². The Morgan fingerprint density at radius 1 is 1.67 bits per heavy atom. The van der Waals surface area contributed by atoms with Crippen molar-refractivity contribution < 1.29 is 18.7 Å². The zero-order chi connectivity index (χ0) is 11.6. The Labute approximate surface area is 84.7 Å². The van der Waals surface area contributed by atoms with E-state index < -0.39 is 18.1 Å². The molecule has 4 nitrogen and oxygen atoms in total. The zero-order valence-corrected chi connectivity index (χ0v) is 8.00. The van der Waals surface area contributed by atoms with Gasteiger partial charge in [-0.05, 0) is 13.0 Å². The molecule has 1 rings (SSSR count). The number of hydrogen-bond donors (Lipinski definition) is 2. The summed E-state index contributed by atoms with van der Waals surface area (Å²) in [7, 11) is 0. The number of nitrogens with zero attached hydrogens (tertiary/aromatic N) is 1. The maximum Gasteiger partial charge on any atom is 0.354 e. The summed E-state index contributed by atoms with van der Waals surface area (Å²) in [6, 6.07) is 1.15. The van der Waals surface area contributed by atoms with Crippen molar-refractivity contribution in [1.82, 2.24) is 4.98 Å². The molecule has 0 radical (unpaired) electrons. The maximum atomic E-state index is 12.6. The molecule has 0 aliphatic carbocycles. The normalized spacial score (nSPS) is 10.7. The Morgan fingerprint density at radius 2 is 2.27 bits per heavy atom. The van der Waals surface area contributed by atoms with E-state index in [1.165, 1.54) is 6.92 Å². The van der Waals surface area contributed by atoms with Crippen LogP contribution in [0.15, 0.2) is 6.07 Å². The fourth-order valence-corrected chi connectivity index (χ4v) is 1.31. The van der Waals surface area contributed by atoms with Crippen LogP contribution in [-0.2, 0) is 6.54 Å². The van der Waals surface area contributed by atoms with Gasteiger partial charge in [-0.2, -0.15) is 0 Å². The first-order valence-electron chi connectivity index (χ1n) is 4.19. The van der Waals surface area contributed by atoms with E-state index in [1.54, 1.807) is 0 Å². The van der Waals surface area contributed by atoms with Gasteiger partial charge in [0.25, 0.3) is 6.43 Å². The minimum absolute atomic E-state index is 0.108. The fourth-order valence-electron chi connectivity index (χ4n) is 1.31. The van der Waals surface area contributed by atoms with Gasteiger partial charge in [-0.15, -0.1) is 0 Å². The lowest BCUT2D eigenvalue weighted by Crippen LogP contribution is -2.13. The molecule has 0 saturated carbocycles. The molecular weight excluding hydrogens is 206 g/mol. The summed E-state index contributed by atoms with van der Waals surface area (Å²) in [6.45, 7) is 1.19. The predicted octanol–water partition coefficient (Wildman–Crippen LogP) is 1.48. The van der Waals surface area contributed by atoms with Gasteiger partial charge < -0.3 is 10.8 Å². The largest absolute Gasteiger partial charge is 0.477 e. The van der Waals surface area contributed by atoms with Crippen molar-refractivity contribution in [1.29, 1.82) is 0 Å². The third kappa shape index (κ3) is 2.27. The average molecular weight is 216 g/mol. The van der Waals surface area contributed by atoms with Crippen molar-refractivity contribution in [2.45, 2.75) is 19.9 Å². The van der Waals surface area contributed by atoms with Gasteiger partial charge in [0, 0.05) is 23.4 Å². The topological polar surface area (TPSA) is 76.2 Å². The van der Waals surface area contributed by atoms with Gasteiger partial charge in [0.2, 0.25) is 0 Å². The van der Waals surface area contributed by atoms with Crippen molar-refractivity contribution in [2.75, 3.05) is 0 Å². The number of pyridine rings is 1. The number of hydrogen-bond acceptors (Lipinski definition) is 3. The molecule has 1 aromatic rings. The second-order valence-corrected chi connectivity index (χ2v) is 2.99. The minimum atomic E-state index is -2.75. The van der Waals surface area contributed by atoms with Crippen molar-refractivity contribution in [2.24, 2.45) is 5.73 Å². The molecule has 0 amide bonds. The monoisotopic (exact) mass is 216 g/mol. The molecule has 0 bridgehead atoms. The van der Waals surface area contributed by atoms with E-state index in [-0.39, 0.29) is 23.4 Å². The molecule has 0 unspecified atom stereocenters. The molecule has 6 heteroatoms. The van der Waals surface area contributed by atoms with Crippen LogP contribution in [0.25, 0.3) is 0 Å². The first-order valence-corrected chi connectivity index (χ1v) is 4.19. The van der Waals surface area contributed by atoms with E-state index in [0.717, 1.165) is 6.07 Å². The predicted molar refractivity (Wildman–Crippen MR) is 48.8 cm³/mol. The summed E-state index contributed by atoms with van der Waals surface area (Å²) in [5.41, 5.74) is 4.61. The highest BCUT2D eigenvalue weighted by Gasteiger charge is 2.20. The van der Waals surface area contributed by atoms with Gasteiger partial charge in [-0.25, -0.2) is 18.6 Å². The summed E-state index contributed by atoms with van der Waals surface area (Å²) in [5, 5.41) is 8.76. The number of rotatable bonds is 3. The molecule has 3 N–H and O–H groups in total. The SMILES string of the molecule is Cc1cc(C(F)F)c(CN)c(C(=O)O)n1. The lowest BCUT2D eigenvalue weighted by molar-refractivity contribution is 0.0688. The Bertz CT molecular complexity index is 394. The molecule has 0 saturated heterocycles. The highest BCUT2D eigenvalue weighted by Crippen LogP contribution is 2.25. The quantitative estimate of drug-likeness (QED) is 0.802. The molecule has 1 heterocycles. The van der Waals surface area contributed by atoms with Crippen LogP contribution in [0.2, 0.25) is 0 Å². The number of carboxylic acid groups (broad SMARTS) is 1. The van der Waals surface area contributed by atoms with Crippen molar-refractivity contribution in [3.05, 3.63) is 28.6 Å². The molecule has 0 aliphatic rings. The fraction of sp³-hybridized carbons (Fsp3) is 0.333. The van der Waals surface area contributed by atoms with E-state index in [4.69, 9.17) is 10.8 Å². The lowest BCUT2D eigenvalue weighted by Gasteiger charge is -2.10. The summed E-state index contributed by atoms with van der Waals surface area (Å²) in [6.07, 6.45) is -2.75. The van der Waals surface area contributed by atoms with Crippen LogP contribution in [0.1, 0.15) is 33.7 Å². The zero-order valence-electron chi connectivity index (χ0n) is 8.00. The van der Waals surface area contributed by atoms with Crippen LogP contribution in [0.5, 0.6) is 0 Å². The average Bonchev–Trinajstić information content (AvgIpc) is 2.16. The number of nitrogens with two attached hydrogens (primary N) is 1. The first kappa shape index (κ1) is 11.5. The van der Waals surface area contributed by atoms with Gasteiger partial charge in [-0.3, -0.25) is 0 Å². The van der Waals surface area contributed by atoms with E-state index in [2.05, 4.69) is 4.98 Å². The Hall–Kier alpha value is -1.56. The number of aryl methyl sites for hydroxylation is 1. The van der Waals surface area contributed by atoms with Gasteiger partial charge >= 0.3 is 5.97 Å². The van der Waals surface area contributed by atoms with Crippen molar-refractivity contribution in [3.8, 4) is 0 Å². The number of aromatic nitrogens is 1. The molecule has 0 aliphatic heterocycles. The van der Waals surface area contributed by atoms with E-state index in [0.29, 0.717) is 0 Å². The smallest absolute Gasteiger partial charge is 0.354 e. The third-order valence-corrected chi connectivity index (χ3v) is 1.93. The van der Waals surface area contributed by atoms with E-state index in [1.807, 2.05) is 0 Å². The number of alkyl halides is 2. The molecule has 82 valence electrons. The minimum Gasteiger partial charge on any atom is -0.477 e. The maximum absolute atomic E-state index is 12.6. The van der Waals surface area contributed by atoms with Crippen molar-refractivity contribution >= 4 is 5.97 Å². The Morgan fingerprint density at radius 3 is 2.67 bits per heavy atom.